The average Bonchev–Trinajstić information content (AvgIpc) is 3.02. The molecule has 1 amide bonds. The van der Waals surface area contributed by atoms with Crippen LogP contribution >= 0.6 is 23.1 Å². The highest BCUT2D eigenvalue weighted by atomic mass is 32.2. The second-order valence-corrected chi connectivity index (χ2v) is 7.49. The summed E-state index contributed by atoms with van der Waals surface area (Å²) in [6.45, 7) is 2.96. The van der Waals surface area contributed by atoms with Gasteiger partial charge in [-0.1, -0.05) is 23.9 Å². The largest absolute Gasteiger partial charge is 0.494 e. The molecule has 0 saturated heterocycles. The van der Waals surface area contributed by atoms with Gasteiger partial charge in [-0.05, 0) is 42.8 Å². The Kier molecular flexibility index (Phi) is 5.88. The van der Waals surface area contributed by atoms with Crippen molar-refractivity contribution in [1.29, 1.82) is 0 Å². The molecular formula is C18H17FN2O2S2. The first-order chi connectivity index (χ1) is 12.1. The third kappa shape index (κ3) is 4.93. The van der Waals surface area contributed by atoms with Crippen LogP contribution in [0, 0.1) is 5.82 Å². The number of nitrogens with zero attached hydrogens (tertiary/aromatic N) is 1. The lowest BCUT2D eigenvalue weighted by atomic mass is 10.2. The lowest BCUT2D eigenvalue weighted by molar-refractivity contribution is -0.118. The molecule has 0 aliphatic heterocycles. The predicted molar refractivity (Wildman–Crippen MR) is 99.8 cm³/mol. The summed E-state index contributed by atoms with van der Waals surface area (Å²) in [4.78, 5) is 16.5. The zero-order valence-electron chi connectivity index (χ0n) is 13.6. The van der Waals surface area contributed by atoms with Crippen LogP contribution in [0.1, 0.15) is 12.5 Å². The quantitative estimate of drug-likeness (QED) is 0.627. The smallest absolute Gasteiger partial charge is 0.230 e. The summed E-state index contributed by atoms with van der Waals surface area (Å²) in [6.07, 6.45) is 0. The van der Waals surface area contributed by atoms with E-state index in [2.05, 4.69) is 10.3 Å². The number of benzene rings is 2. The number of carbonyl (C=O) groups is 1. The zero-order valence-corrected chi connectivity index (χ0v) is 15.3. The molecule has 0 aliphatic rings. The number of amides is 1. The van der Waals surface area contributed by atoms with Crippen molar-refractivity contribution in [2.75, 3.05) is 12.4 Å². The normalized spacial score (nSPS) is 10.8. The molecule has 25 heavy (non-hydrogen) atoms. The molecule has 1 aromatic heterocycles. The summed E-state index contributed by atoms with van der Waals surface area (Å²) in [6, 6.07) is 11.9. The van der Waals surface area contributed by atoms with Gasteiger partial charge in [-0.3, -0.25) is 4.79 Å². The first-order valence-electron chi connectivity index (χ1n) is 7.81. The molecule has 0 bridgehead atoms. The van der Waals surface area contributed by atoms with Crippen LogP contribution in [0.3, 0.4) is 0 Å². The minimum absolute atomic E-state index is 0.0800. The van der Waals surface area contributed by atoms with Crippen molar-refractivity contribution in [1.82, 2.24) is 10.3 Å². The van der Waals surface area contributed by atoms with Gasteiger partial charge in [0.25, 0.3) is 0 Å². The maximum atomic E-state index is 12.8. The number of rotatable bonds is 7. The average molecular weight is 376 g/mol. The van der Waals surface area contributed by atoms with Crippen LogP contribution in [-0.4, -0.2) is 23.3 Å². The monoisotopic (exact) mass is 376 g/mol. The van der Waals surface area contributed by atoms with Gasteiger partial charge in [0, 0.05) is 6.54 Å². The van der Waals surface area contributed by atoms with Crippen LogP contribution in [-0.2, 0) is 11.3 Å². The summed E-state index contributed by atoms with van der Waals surface area (Å²) >= 11 is 2.95. The number of fused-ring (bicyclic) bond motifs is 1. The van der Waals surface area contributed by atoms with E-state index in [9.17, 15) is 9.18 Å². The highest BCUT2D eigenvalue weighted by Gasteiger charge is 2.09. The third-order valence-corrected chi connectivity index (χ3v) is 5.54. The number of ether oxygens (including phenoxy) is 1. The van der Waals surface area contributed by atoms with Crippen molar-refractivity contribution < 1.29 is 13.9 Å². The molecule has 0 spiro atoms. The molecule has 130 valence electrons. The first kappa shape index (κ1) is 17.7. The fourth-order valence-corrected chi connectivity index (χ4v) is 4.11. The number of halogens is 1. The van der Waals surface area contributed by atoms with Crippen molar-refractivity contribution in [3.05, 3.63) is 53.8 Å². The van der Waals surface area contributed by atoms with E-state index in [4.69, 9.17) is 4.74 Å². The van der Waals surface area contributed by atoms with Gasteiger partial charge in [0.15, 0.2) is 4.34 Å². The van der Waals surface area contributed by atoms with Gasteiger partial charge in [0.1, 0.15) is 11.6 Å². The molecule has 0 unspecified atom stereocenters. The molecule has 1 N–H and O–H groups in total. The molecule has 3 aromatic rings. The number of thiazole rings is 1. The fraction of sp³-hybridized carbons (Fsp3) is 0.222. The van der Waals surface area contributed by atoms with E-state index in [1.54, 1.807) is 23.5 Å². The molecule has 0 saturated carbocycles. The lowest BCUT2D eigenvalue weighted by Gasteiger charge is -2.04. The maximum Gasteiger partial charge on any atom is 0.230 e. The Hall–Kier alpha value is -2.12. The van der Waals surface area contributed by atoms with Crippen LogP contribution in [0.2, 0.25) is 0 Å². The van der Waals surface area contributed by atoms with Gasteiger partial charge in [0.05, 0.1) is 22.6 Å². The molecule has 0 aliphatic carbocycles. The standard InChI is InChI=1S/C18H17FN2O2S2/c1-2-23-14-7-8-15-16(9-14)25-18(21-15)24-11-17(22)20-10-12-3-5-13(19)6-4-12/h3-9H,2,10-11H2,1H3,(H,20,22). The molecule has 0 atom stereocenters. The van der Waals surface area contributed by atoms with E-state index in [-0.39, 0.29) is 11.7 Å². The number of hydrogen-bond acceptors (Lipinski definition) is 5. The Morgan fingerprint density at radius 1 is 1.28 bits per heavy atom. The van der Waals surface area contributed by atoms with Crippen LogP contribution in [0.15, 0.2) is 46.8 Å². The van der Waals surface area contributed by atoms with Gasteiger partial charge < -0.3 is 10.1 Å². The van der Waals surface area contributed by atoms with Gasteiger partial charge in [-0.25, -0.2) is 9.37 Å². The van der Waals surface area contributed by atoms with Gasteiger partial charge >= 0.3 is 0 Å². The van der Waals surface area contributed by atoms with E-state index in [1.165, 1.54) is 23.9 Å². The van der Waals surface area contributed by atoms with Crippen molar-refractivity contribution in [3.8, 4) is 5.75 Å². The van der Waals surface area contributed by atoms with E-state index in [1.807, 2.05) is 25.1 Å². The number of aromatic nitrogens is 1. The minimum atomic E-state index is -0.283. The number of nitrogens with one attached hydrogen (secondary N) is 1. The Bertz CT molecular complexity index is 865. The summed E-state index contributed by atoms with van der Waals surface area (Å²) in [7, 11) is 0. The van der Waals surface area contributed by atoms with Crippen LogP contribution in [0.5, 0.6) is 5.75 Å². The first-order valence-corrected chi connectivity index (χ1v) is 9.61. The molecule has 0 fully saturated rings. The number of hydrogen-bond donors (Lipinski definition) is 1. The fourth-order valence-electron chi connectivity index (χ4n) is 2.18. The van der Waals surface area contributed by atoms with Crippen LogP contribution < -0.4 is 10.1 Å². The molecule has 7 heteroatoms. The summed E-state index contributed by atoms with van der Waals surface area (Å²) in [5, 5.41) is 2.82. The van der Waals surface area contributed by atoms with Gasteiger partial charge in [0.2, 0.25) is 5.91 Å². The second-order valence-electron chi connectivity index (χ2n) is 5.23. The molecule has 4 nitrogen and oxygen atoms in total. The molecule has 2 aromatic carbocycles. The Morgan fingerprint density at radius 2 is 2.08 bits per heavy atom. The predicted octanol–water partition coefficient (Wildman–Crippen LogP) is 4.24. The maximum absolute atomic E-state index is 12.8. The Labute approximate surface area is 153 Å². The minimum Gasteiger partial charge on any atom is -0.494 e. The van der Waals surface area contributed by atoms with Gasteiger partial charge in [-0.2, -0.15) is 0 Å². The highest BCUT2D eigenvalue weighted by Crippen LogP contribution is 2.31. The summed E-state index contributed by atoms with van der Waals surface area (Å²) < 4.78 is 20.2. The number of carbonyl (C=O) groups excluding carboxylic acids is 1. The molecular weight excluding hydrogens is 359 g/mol. The molecule has 0 radical (unpaired) electrons. The van der Waals surface area contributed by atoms with Crippen molar-refractivity contribution in [3.63, 3.8) is 0 Å². The van der Waals surface area contributed by atoms with E-state index < -0.39 is 0 Å². The third-order valence-electron chi connectivity index (χ3n) is 3.38. The zero-order chi connectivity index (χ0) is 17.6. The summed E-state index contributed by atoms with van der Waals surface area (Å²) in [5.74, 6) is 0.754. The molecule has 1 heterocycles. The SMILES string of the molecule is CCOc1ccc2nc(SCC(=O)NCc3ccc(F)cc3)sc2c1. The molecule has 3 rings (SSSR count). The lowest BCUT2D eigenvalue weighted by Crippen LogP contribution is -2.24. The van der Waals surface area contributed by atoms with Crippen molar-refractivity contribution in [2.24, 2.45) is 0 Å². The summed E-state index contributed by atoms with van der Waals surface area (Å²) in [5.41, 5.74) is 1.77. The highest BCUT2D eigenvalue weighted by molar-refractivity contribution is 8.01. The van der Waals surface area contributed by atoms with Gasteiger partial charge in [-0.15, -0.1) is 11.3 Å². The van der Waals surface area contributed by atoms with Crippen molar-refractivity contribution >= 4 is 39.2 Å². The Balaban J connectivity index is 1.52. The Morgan fingerprint density at radius 3 is 2.84 bits per heavy atom. The van der Waals surface area contributed by atoms with E-state index >= 15 is 0 Å². The van der Waals surface area contributed by atoms with E-state index in [0.717, 1.165) is 25.9 Å². The van der Waals surface area contributed by atoms with E-state index in [0.29, 0.717) is 18.9 Å². The van der Waals surface area contributed by atoms with Crippen molar-refractivity contribution in [2.45, 2.75) is 17.8 Å². The topological polar surface area (TPSA) is 51.2 Å². The number of thioether (sulfide) groups is 1. The second kappa shape index (κ2) is 8.31. The van der Waals surface area contributed by atoms with Crippen LogP contribution in [0.4, 0.5) is 4.39 Å². The van der Waals surface area contributed by atoms with Crippen LogP contribution in [0.25, 0.3) is 10.2 Å².